The van der Waals surface area contributed by atoms with Crippen molar-refractivity contribution in [3.05, 3.63) is 42.3 Å². The molecule has 0 unspecified atom stereocenters. The van der Waals surface area contributed by atoms with Gasteiger partial charge < -0.3 is 0 Å². The summed E-state index contributed by atoms with van der Waals surface area (Å²) >= 11 is 0. The Morgan fingerprint density at radius 2 is 1.22 bits per heavy atom. The number of rotatable bonds is 13. The highest BCUT2D eigenvalue weighted by atomic mass is 14.3. The van der Waals surface area contributed by atoms with Gasteiger partial charge in [0.15, 0.2) is 0 Å². The molecule has 0 amide bonds. The average molecular weight is 316 g/mol. The second kappa shape index (κ2) is 11.7. The molecule has 0 fully saturated rings. The van der Waals surface area contributed by atoms with Crippen LogP contribution in [0.1, 0.15) is 109 Å². The molecule has 0 aliphatic rings. The van der Waals surface area contributed by atoms with Crippen molar-refractivity contribution in [2.75, 3.05) is 0 Å². The molecule has 0 bridgehead atoms. The van der Waals surface area contributed by atoms with E-state index in [1.165, 1.54) is 88.2 Å². The summed E-state index contributed by atoms with van der Waals surface area (Å²) in [5, 5.41) is 0. The van der Waals surface area contributed by atoms with E-state index in [1.807, 2.05) is 0 Å². The summed E-state index contributed by atoms with van der Waals surface area (Å²) in [4.78, 5) is 0. The summed E-state index contributed by atoms with van der Waals surface area (Å²) < 4.78 is 0. The van der Waals surface area contributed by atoms with Crippen LogP contribution in [0.15, 0.2) is 24.3 Å². The highest BCUT2D eigenvalue weighted by Crippen LogP contribution is 2.31. The zero-order chi connectivity index (χ0) is 17.0. The van der Waals surface area contributed by atoms with Crippen LogP contribution in [0, 0.1) is 6.92 Å². The second-order valence-electron chi connectivity index (χ2n) is 7.83. The van der Waals surface area contributed by atoms with Gasteiger partial charge in [0, 0.05) is 0 Å². The summed E-state index contributed by atoms with van der Waals surface area (Å²) in [5.74, 6) is 0. The van der Waals surface area contributed by atoms with Crippen molar-refractivity contribution in [3.63, 3.8) is 0 Å². The molecular formula is C23H39. The van der Waals surface area contributed by atoms with Gasteiger partial charge in [-0.15, -0.1) is 0 Å². The lowest BCUT2D eigenvalue weighted by atomic mass is 9.78. The van der Waals surface area contributed by atoms with E-state index in [1.54, 1.807) is 0 Å². The fraction of sp³-hybridized carbons (Fsp3) is 0.696. The Balaban J connectivity index is 2.05. The van der Waals surface area contributed by atoms with Crippen molar-refractivity contribution in [3.8, 4) is 0 Å². The molecule has 23 heavy (non-hydrogen) atoms. The molecule has 1 aromatic carbocycles. The van der Waals surface area contributed by atoms with Crippen molar-refractivity contribution < 1.29 is 0 Å². The van der Waals surface area contributed by atoms with E-state index in [0.29, 0.717) is 0 Å². The summed E-state index contributed by atoms with van der Waals surface area (Å²) in [6, 6.07) is 8.62. The number of hydrogen-bond donors (Lipinski definition) is 0. The molecule has 131 valence electrons. The molecule has 1 rings (SSSR count). The first-order valence-corrected chi connectivity index (χ1v) is 9.99. The summed E-state index contributed by atoms with van der Waals surface area (Å²) in [6.45, 7) is 11.2. The van der Waals surface area contributed by atoms with Gasteiger partial charge in [0.25, 0.3) is 0 Å². The zero-order valence-electron chi connectivity index (χ0n) is 16.0. The maximum Gasteiger partial charge on any atom is -0.0101 e. The van der Waals surface area contributed by atoms with Crippen LogP contribution in [0.3, 0.4) is 0 Å². The van der Waals surface area contributed by atoms with E-state index in [2.05, 4.69) is 52.0 Å². The topological polar surface area (TPSA) is 0 Å². The summed E-state index contributed by atoms with van der Waals surface area (Å²) in [7, 11) is 0. The standard InChI is InChI=1S/C23H39/c1-5-6-7-8-9-10-11-12-13-14-17-20-23(3,4)22-19-16-15-18-21(22)2/h15-16,18-19H,2,5-14,17,20H2,1,3-4H3. The van der Waals surface area contributed by atoms with Crippen LogP contribution in [-0.4, -0.2) is 0 Å². The molecule has 0 nitrogen and oxygen atoms in total. The Morgan fingerprint density at radius 3 is 1.74 bits per heavy atom. The van der Waals surface area contributed by atoms with E-state index in [0.717, 1.165) is 0 Å². The highest BCUT2D eigenvalue weighted by Gasteiger charge is 2.21. The first-order valence-electron chi connectivity index (χ1n) is 9.99. The predicted molar refractivity (Wildman–Crippen MR) is 105 cm³/mol. The molecule has 0 saturated heterocycles. The molecular weight excluding hydrogens is 276 g/mol. The van der Waals surface area contributed by atoms with Crippen LogP contribution in [0.25, 0.3) is 0 Å². The van der Waals surface area contributed by atoms with Crippen LogP contribution < -0.4 is 0 Å². The fourth-order valence-electron chi connectivity index (χ4n) is 3.55. The van der Waals surface area contributed by atoms with Crippen LogP contribution in [-0.2, 0) is 5.41 Å². The Kier molecular flexibility index (Phi) is 10.3. The Labute approximate surface area is 146 Å². The molecule has 0 aliphatic carbocycles. The van der Waals surface area contributed by atoms with Crippen LogP contribution in [0.4, 0.5) is 0 Å². The van der Waals surface area contributed by atoms with Crippen LogP contribution in [0.5, 0.6) is 0 Å². The lowest BCUT2D eigenvalue weighted by Gasteiger charge is -2.27. The second-order valence-corrected chi connectivity index (χ2v) is 7.83. The van der Waals surface area contributed by atoms with Gasteiger partial charge in [-0.3, -0.25) is 0 Å². The molecule has 0 spiro atoms. The number of hydrogen-bond acceptors (Lipinski definition) is 0. The van der Waals surface area contributed by atoms with Gasteiger partial charge in [-0.2, -0.15) is 0 Å². The monoisotopic (exact) mass is 315 g/mol. The minimum Gasteiger partial charge on any atom is -0.0654 e. The third kappa shape index (κ3) is 8.58. The van der Waals surface area contributed by atoms with Gasteiger partial charge in [0.2, 0.25) is 0 Å². The van der Waals surface area contributed by atoms with E-state index >= 15 is 0 Å². The molecule has 1 aromatic rings. The van der Waals surface area contributed by atoms with E-state index in [-0.39, 0.29) is 5.41 Å². The Hall–Kier alpha value is -0.780. The Morgan fingerprint density at radius 1 is 0.739 bits per heavy atom. The first kappa shape index (κ1) is 20.3. The maximum absolute atomic E-state index is 4.19. The number of unbranched alkanes of at least 4 members (excludes halogenated alkanes) is 10. The van der Waals surface area contributed by atoms with Crippen molar-refractivity contribution in [1.82, 2.24) is 0 Å². The Bertz CT molecular complexity index is 402. The van der Waals surface area contributed by atoms with Gasteiger partial charge in [-0.1, -0.05) is 116 Å². The van der Waals surface area contributed by atoms with E-state index in [9.17, 15) is 0 Å². The predicted octanol–water partition coefficient (Wildman–Crippen LogP) is 7.85. The fourth-order valence-corrected chi connectivity index (χ4v) is 3.55. The van der Waals surface area contributed by atoms with Crippen LogP contribution >= 0.6 is 0 Å². The molecule has 0 heterocycles. The molecule has 0 heteroatoms. The van der Waals surface area contributed by atoms with Gasteiger partial charge in [0.05, 0.1) is 0 Å². The van der Waals surface area contributed by atoms with Gasteiger partial charge in [-0.25, -0.2) is 0 Å². The molecule has 0 aliphatic heterocycles. The minimum absolute atomic E-state index is 0.262. The minimum atomic E-state index is 0.262. The smallest absolute Gasteiger partial charge is 0.0101 e. The summed E-state index contributed by atoms with van der Waals surface area (Å²) in [5.41, 5.74) is 2.88. The van der Waals surface area contributed by atoms with Crippen LogP contribution in [0.2, 0.25) is 0 Å². The molecule has 0 atom stereocenters. The SMILES string of the molecule is [CH2]c1ccccc1C(C)(C)CCCCCCCCCCCCC. The molecule has 0 N–H and O–H groups in total. The van der Waals surface area contributed by atoms with Crippen molar-refractivity contribution >= 4 is 0 Å². The largest absolute Gasteiger partial charge is 0.0654 e. The quantitative estimate of drug-likeness (QED) is 0.325. The lowest BCUT2D eigenvalue weighted by molar-refractivity contribution is 0.440. The lowest BCUT2D eigenvalue weighted by Crippen LogP contribution is -2.18. The number of benzene rings is 1. The van der Waals surface area contributed by atoms with Crippen molar-refractivity contribution in [2.24, 2.45) is 0 Å². The first-order chi connectivity index (χ1) is 11.1. The zero-order valence-corrected chi connectivity index (χ0v) is 16.0. The van der Waals surface area contributed by atoms with E-state index < -0.39 is 0 Å². The van der Waals surface area contributed by atoms with Gasteiger partial charge in [-0.05, 0) is 29.9 Å². The van der Waals surface area contributed by atoms with Gasteiger partial charge in [0.1, 0.15) is 0 Å². The van der Waals surface area contributed by atoms with Crippen molar-refractivity contribution in [2.45, 2.75) is 103 Å². The van der Waals surface area contributed by atoms with Crippen molar-refractivity contribution in [1.29, 1.82) is 0 Å². The average Bonchev–Trinajstić information content (AvgIpc) is 2.53. The van der Waals surface area contributed by atoms with E-state index in [4.69, 9.17) is 0 Å². The summed E-state index contributed by atoms with van der Waals surface area (Å²) in [6.07, 6.45) is 16.9. The third-order valence-electron chi connectivity index (χ3n) is 5.15. The van der Waals surface area contributed by atoms with Gasteiger partial charge >= 0.3 is 0 Å². The highest BCUT2D eigenvalue weighted by molar-refractivity contribution is 5.35. The third-order valence-corrected chi connectivity index (χ3v) is 5.15. The molecule has 0 aromatic heterocycles. The maximum atomic E-state index is 4.19. The molecule has 0 saturated carbocycles. The molecule has 1 radical (unpaired) electrons. The normalized spacial score (nSPS) is 11.8.